The van der Waals surface area contributed by atoms with E-state index in [1.165, 1.54) is 0 Å². The molecule has 0 saturated carbocycles. The van der Waals surface area contributed by atoms with E-state index in [4.69, 9.17) is 10.2 Å². The van der Waals surface area contributed by atoms with E-state index in [9.17, 15) is 4.79 Å². The van der Waals surface area contributed by atoms with Crippen molar-refractivity contribution in [3.05, 3.63) is 46.3 Å². The number of rotatable bonds is 3. The SMILES string of the molecule is CCc1ccc(C(=O)Nc2ccc(N)c(Br)c2)o1. The minimum absolute atomic E-state index is 0.272. The molecule has 0 saturated heterocycles. The number of carbonyl (C=O) groups excluding carboxylic acids is 1. The average Bonchev–Trinajstić information content (AvgIpc) is 2.82. The molecular formula is C13H13BrN2O2. The number of nitrogens with two attached hydrogens (primary N) is 1. The quantitative estimate of drug-likeness (QED) is 0.853. The van der Waals surface area contributed by atoms with Crippen molar-refractivity contribution < 1.29 is 9.21 Å². The third-order valence-electron chi connectivity index (χ3n) is 2.49. The maximum Gasteiger partial charge on any atom is 0.291 e. The van der Waals surface area contributed by atoms with Gasteiger partial charge in [-0.05, 0) is 46.3 Å². The number of amides is 1. The van der Waals surface area contributed by atoms with Gasteiger partial charge in [0.05, 0.1) is 0 Å². The van der Waals surface area contributed by atoms with E-state index in [1.54, 1.807) is 30.3 Å². The molecule has 0 radical (unpaired) electrons. The van der Waals surface area contributed by atoms with Gasteiger partial charge in [0.25, 0.3) is 5.91 Å². The number of benzene rings is 1. The normalized spacial score (nSPS) is 10.3. The molecule has 0 atom stereocenters. The second-order valence-corrected chi connectivity index (χ2v) is 4.66. The van der Waals surface area contributed by atoms with Crippen LogP contribution in [0.5, 0.6) is 0 Å². The highest BCUT2D eigenvalue weighted by molar-refractivity contribution is 9.10. The highest BCUT2D eigenvalue weighted by Gasteiger charge is 2.11. The summed E-state index contributed by atoms with van der Waals surface area (Å²) >= 11 is 3.31. The molecule has 1 amide bonds. The van der Waals surface area contributed by atoms with Gasteiger partial charge in [0.1, 0.15) is 5.76 Å². The minimum atomic E-state index is -0.272. The molecule has 0 aliphatic heterocycles. The molecule has 3 N–H and O–H groups in total. The maximum absolute atomic E-state index is 11.9. The standard InChI is InChI=1S/C13H13BrN2O2/c1-2-9-4-6-12(18-9)13(17)16-8-3-5-11(15)10(14)7-8/h3-7H,2,15H2,1H3,(H,16,17). The first kappa shape index (κ1) is 12.7. The largest absolute Gasteiger partial charge is 0.456 e. The molecule has 18 heavy (non-hydrogen) atoms. The van der Waals surface area contributed by atoms with Gasteiger partial charge in [-0.15, -0.1) is 0 Å². The van der Waals surface area contributed by atoms with Crippen LogP contribution in [0.1, 0.15) is 23.2 Å². The molecule has 0 bridgehead atoms. The van der Waals surface area contributed by atoms with Gasteiger partial charge >= 0.3 is 0 Å². The van der Waals surface area contributed by atoms with Crippen LogP contribution >= 0.6 is 15.9 Å². The van der Waals surface area contributed by atoms with Crippen molar-refractivity contribution in [3.8, 4) is 0 Å². The lowest BCUT2D eigenvalue weighted by atomic mass is 10.3. The number of nitrogens with one attached hydrogen (secondary N) is 1. The van der Waals surface area contributed by atoms with E-state index in [0.29, 0.717) is 17.1 Å². The van der Waals surface area contributed by atoms with Gasteiger partial charge in [0.2, 0.25) is 0 Å². The Morgan fingerprint density at radius 1 is 1.39 bits per heavy atom. The average molecular weight is 309 g/mol. The molecule has 0 spiro atoms. The maximum atomic E-state index is 11.9. The van der Waals surface area contributed by atoms with E-state index in [0.717, 1.165) is 16.7 Å². The number of aryl methyl sites for hydroxylation is 1. The molecule has 5 heteroatoms. The molecule has 1 aromatic carbocycles. The number of nitrogen functional groups attached to an aromatic ring is 1. The Morgan fingerprint density at radius 2 is 2.17 bits per heavy atom. The Kier molecular flexibility index (Phi) is 3.72. The van der Waals surface area contributed by atoms with Crippen LogP contribution in [0.4, 0.5) is 11.4 Å². The van der Waals surface area contributed by atoms with E-state index >= 15 is 0 Å². The number of halogens is 1. The summed E-state index contributed by atoms with van der Waals surface area (Å²) in [6, 6.07) is 8.67. The van der Waals surface area contributed by atoms with Crippen LogP contribution in [0.15, 0.2) is 39.2 Å². The lowest BCUT2D eigenvalue weighted by Crippen LogP contribution is -2.10. The van der Waals surface area contributed by atoms with Crippen LogP contribution < -0.4 is 11.1 Å². The zero-order valence-electron chi connectivity index (χ0n) is 9.87. The molecule has 0 unspecified atom stereocenters. The fraction of sp³-hybridized carbons (Fsp3) is 0.154. The van der Waals surface area contributed by atoms with Crippen molar-refractivity contribution >= 4 is 33.2 Å². The van der Waals surface area contributed by atoms with Gasteiger partial charge < -0.3 is 15.5 Å². The van der Waals surface area contributed by atoms with Crippen molar-refractivity contribution in [3.63, 3.8) is 0 Å². The highest BCUT2D eigenvalue weighted by Crippen LogP contribution is 2.23. The molecule has 0 aliphatic carbocycles. The van der Waals surface area contributed by atoms with Crippen molar-refractivity contribution in [2.24, 2.45) is 0 Å². The van der Waals surface area contributed by atoms with Crippen LogP contribution in [0, 0.1) is 0 Å². The first-order valence-electron chi connectivity index (χ1n) is 5.55. The fourth-order valence-corrected chi connectivity index (χ4v) is 1.87. The predicted molar refractivity (Wildman–Crippen MR) is 74.6 cm³/mol. The lowest BCUT2D eigenvalue weighted by Gasteiger charge is -2.05. The second kappa shape index (κ2) is 5.27. The van der Waals surface area contributed by atoms with Gasteiger partial charge in [-0.25, -0.2) is 0 Å². The van der Waals surface area contributed by atoms with Crippen molar-refractivity contribution in [2.45, 2.75) is 13.3 Å². The van der Waals surface area contributed by atoms with Crippen LogP contribution in [-0.2, 0) is 6.42 Å². The molecule has 1 heterocycles. The topological polar surface area (TPSA) is 68.3 Å². The smallest absolute Gasteiger partial charge is 0.291 e. The summed E-state index contributed by atoms with van der Waals surface area (Å²) in [6.07, 6.45) is 0.765. The minimum Gasteiger partial charge on any atom is -0.456 e. The summed E-state index contributed by atoms with van der Waals surface area (Å²) in [4.78, 5) is 11.9. The van der Waals surface area contributed by atoms with Crippen molar-refractivity contribution in [1.29, 1.82) is 0 Å². The number of furan rings is 1. The summed E-state index contributed by atoms with van der Waals surface area (Å²) < 4.78 is 6.12. The summed E-state index contributed by atoms with van der Waals surface area (Å²) in [6.45, 7) is 1.97. The van der Waals surface area contributed by atoms with E-state index < -0.39 is 0 Å². The first-order chi connectivity index (χ1) is 8.60. The van der Waals surface area contributed by atoms with E-state index in [1.807, 2.05) is 6.92 Å². The molecule has 0 aliphatic rings. The van der Waals surface area contributed by atoms with Crippen LogP contribution in [0.25, 0.3) is 0 Å². The lowest BCUT2D eigenvalue weighted by molar-refractivity contribution is 0.0995. The Bertz CT molecular complexity index is 578. The van der Waals surface area contributed by atoms with E-state index in [-0.39, 0.29) is 5.91 Å². The Balaban J connectivity index is 2.13. The number of carbonyl (C=O) groups is 1. The Labute approximate surface area is 113 Å². The Hall–Kier alpha value is -1.75. The van der Waals surface area contributed by atoms with Gasteiger partial charge in [-0.1, -0.05) is 6.92 Å². The number of hydrogen-bond acceptors (Lipinski definition) is 3. The molecular weight excluding hydrogens is 296 g/mol. The summed E-state index contributed by atoms with van der Waals surface area (Å²) in [5.74, 6) is 0.824. The summed E-state index contributed by atoms with van der Waals surface area (Å²) in [5, 5.41) is 2.75. The highest BCUT2D eigenvalue weighted by atomic mass is 79.9. The summed E-state index contributed by atoms with van der Waals surface area (Å²) in [5.41, 5.74) is 6.96. The number of hydrogen-bond donors (Lipinski definition) is 2. The zero-order valence-corrected chi connectivity index (χ0v) is 11.5. The fourth-order valence-electron chi connectivity index (χ4n) is 1.49. The molecule has 0 fully saturated rings. The second-order valence-electron chi connectivity index (χ2n) is 3.81. The van der Waals surface area contributed by atoms with Gasteiger partial charge in [-0.2, -0.15) is 0 Å². The van der Waals surface area contributed by atoms with E-state index in [2.05, 4.69) is 21.2 Å². The zero-order chi connectivity index (χ0) is 13.1. The first-order valence-corrected chi connectivity index (χ1v) is 6.34. The number of anilines is 2. The Morgan fingerprint density at radius 3 is 2.78 bits per heavy atom. The van der Waals surface area contributed by atoms with Gasteiger partial charge in [0, 0.05) is 22.3 Å². The molecule has 4 nitrogen and oxygen atoms in total. The third-order valence-corrected chi connectivity index (χ3v) is 3.18. The molecule has 2 aromatic rings. The van der Waals surface area contributed by atoms with Crippen molar-refractivity contribution in [1.82, 2.24) is 0 Å². The van der Waals surface area contributed by atoms with Gasteiger partial charge in [0.15, 0.2) is 5.76 Å². The van der Waals surface area contributed by atoms with Crippen LogP contribution in [0.2, 0.25) is 0 Å². The third kappa shape index (κ3) is 2.73. The monoisotopic (exact) mass is 308 g/mol. The summed E-state index contributed by atoms with van der Waals surface area (Å²) in [7, 11) is 0. The predicted octanol–water partition coefficient (Wildman–Crippen LogP) is 3.44. The van der Waals surface area contributed by atoms with Gasteiger partial charge in [-0.3, -0.25) is 4.79 Å². The molecule has 94 valence electrons. The molecule has 1 aromatic heterocycles. The molecule has 2 rings (SSSR count). The van der Waals surface area contributed by atoms with Crippen LogP contribution in [-0.4, -0.2) is 5.91 Å². The van der Waals surface area contributed by atoms with Crippen molar-refractivity contribution in [2.75, 3.05) is 11.1 Å². The van der Waals surface area contributed by atoms with Crippen LogP contribution in [0.3, 0.4) is 0 Å².